The van der Waals surface area contributed by atoms with Crippen LogP contribution in [0.5, 0.6) is 0 Å². The minimum absolute atomic E-state index is 0.0808. The summed E-state index contributed by atoms with van der Waals surface area (Å²) in [4.78, 5) is 28.2. The zero-order valence-electron chi connectivity index (χ0n) is 20.0. The molecular formula is C27H23N7OS. The van der Waals surface area contributed by atoms with Crippen LogP contribution in [0.15, 0.2) is 77.4 Å². The van der Waals surface area contributed by atoms with E-state index in [9.17, 15) is 4.79 Å². The van der Waals surface area contributed by atoms with Crippen LogP contribution in [0.2, 0.25) is 0 Å². The summed E-state index contributed by atoms with van der Waals surface area (Å²) >= 11 is 1.47. The van der Waals surface area contributed by atoms with Crippen LogP contribution < -0.4 is 10.9 Å². The third-order valence-corrected chi connectivity index (χ3v) is 7.06. The molecule has 0 saturated heterocycles. The van der Waals surface area contributed by atoms with Crippen LogP contribution in [-0.2, 0) is 7.05 Å². The number of nitrogens with zero attached hydrogens (tertiary/aromatic N) is 6. The Hall–Kier alpha value is -4.37. The minimum Gasteiger partial charge on any atom is -0.360 e. The SMILES string of the molecule is Cc1nn(C)cc1-c1cccc2cc([C@H](C)Nc3ncnc4scnc34)n(-c3ccccc3)c(=O)c12. The monoisotopic (exact) mass is 493 g/mol. The van der Waals surface area contributed by atoms with E-state index in [1.807, 2.05) is 75.6 Å². The number of benzene rings is 2. The third kappa shape index (κ3) is 3.64. The van der Waals surface area contributed by atoms with E-state index in [4.69, 9.17) is 0 Å². The fourth-order valence-corrected chi connectivity index (χ4v) is 5.34. The molecule has 0 fully saturated rings. The van der Waals surface area contributed by atoms with Crippen LogP contribution in [0.1, 0.15) is 24.4 Å². The highest BCUT2D eigenvalue weighted by Crippen LogP contribution is 2.32. The number of thiazole rings is 1. The van der Waals surface area contributed by atoms with Crippen molar-refractivity contribution in [3.63, 3.8) is 0 Å². The van der Waals surface area contributed by atoms with E-state index in [1.54, 1.807) is 14.8 Å². The van der Waals surface area contributed by atoms with Gasteiger partial charge in [0, 0.05) is 30.2 Å². The van der Waals surface area contributed by atoms with Crippen molar-refractivity contribution >= 4 is 38.3 Å². The van der Waals surface area contributed by atoms with Crippen molar-refractivity contribution in [2.75, 3.05) is 5.32 Å². The molecule has 0 saturated carbocycles. The lowest BCUT2D eigenvalue weighted by Gasteiger charge is -2.22. The van der Waals surface area contributed by atoms with Crippen LogP contribution in [0.25, 0.3) is 37.9 Å². The van der Waals surface area contributed by atoms with Crippen LogP contribution in [-0.4, -0.2) is 29.3 Å². The molecular weight excluding hydrogens is 470 g/mol. The van der Waals surface area contributed by atoms with Gasteiger partial charge in [0.1, 0.15) is 16.7 Å². The average Bonchev–Trinajstić information content (AvgIpc) is 3.50. The molecule has 0 radical (unpaired) electrons. The predicted octanol–water partition coefficient (Wildman–Crippen LogP) is 5.27. The van der Waals surface area contributed by atoms with E-state index in [0.717, 1.165) is 43.9 Å². The van der Waals surface area contributed by atoms with Crippen LogP contribution in [0.3, 0.4) is 0 Å². The molecule has 4 aromatic heterocycles. The zero-order valence-corrected chi connectivity index (χ0v) is 20.8. The van der Waals surface area contributed by atoms with Gasteiger partial charge in [-0.15, -0.1) is 11.3 Å². The molecule has 1 atom stereocenters. The summed E-state index contributed by atoms with van der Waals surface area (Å²) in [6, 6.07) is 17.5. The van der Waals surface area contributed by atoms with Crippen molar-refractivity contribution in [1.82, 2.24) is 29.3 Å². The number of hydrogen-bond donors (Lipinski definition) is 1. The highest BCUT2D eigenvalue weighted by Gasteiger charge is 2.21. The summed E-state index contributed by atoms with van der Waals surface area (Å²) in [6.07, 6.45) is 3.49. The maximum atomic E-state index is 14.3. The second-order valence-electron chi connectivity index (χ2n) is 8.71. The van der Waals surface area contributed by atoms with Crippen LogP contribution >= 0.6 is 11.3 Å². The Bertz CT molecular complexity index is 1790. The Labute approximate surface area is 210 Å². The molecule has 0 spiro atoms. The molecule has 0 aliphatic heterocycles. The van der Waals surface area contributed by atoms with Crippen molar-refractivity contribution in [2.45, 2.75) is 19.9 Å². The van der Waals surface area contributed by atoms with Gasteiger partial charge in [-0.3, -0.25) is 14.0 Å². The molecule has 36 heavy (non-hydrogen) atoms. The van der Waals surface area contributed by atoms with E-state index >= 15 is 0 Å². The van der Waals surface area contributed by atoms with Gasteiger partial charge in [0.25, 0.3) is 5.56 Å². The second-order valence-corrected chi connectivity index (χ2v) is 9.54. The molecule has 0 amide bonds. The first-order chi connectivity index (χ1) is 17.5. The molecule has 0 aliphatic rings. The number of anilines is 1. The standard InChI is InChI=1S/C27H23N7OS/c1-16-21(13-33(3)32-16)20-11-7-8-18-12-22(34(27(35)23(18)20)19-9-5-4-6-10-19)17(2)31-25-24-26(29-14-28-25)36-15-30-24/h4-15,17H,1-3H3,(H,28,29,31)/t17-/m0/s1. The maximum Gasteiger partial charge on any atom is 0.263 e. The minimum atomic E-state index is -0.245. The summed E-state index contributed by atoms with van der Waals surface area (Å²) in [7, 11) is 1.89. The van der Waals surface area contributed by atoms with E-state index in [2.05, 4.69) is 31.4 Å². The van der Waals surface area contributed by atoms with E-state index in [-0.39, 0.29) is 11.6 Å². The normalized spacial score (nSPS) is 12.3. The number of pyridine rings is 1. The molecule has 0 bridgehead atoms. The lowest BCUT2D eigenvalue weighted by atomic mass is 9.98. The molecule has 6 aromatic rings. The quantitative estimate of drug-likeness (QED) is 0.352. The largest absolute Gasteiger partial charge is 0.360 e. The third-order valence-electron chi connectivity index (χ3n) is 6.32. The molecule has 9 heteroatoms. The Kier molecular flexibility index (Phi) is 5.34. The van der Waals surface area contributed by atoms with Crippen molar-refractivity contribution < 1.29 is 0 Å². The molecule has 1 N–H and O–H groups in total. The van der Waals surface area contributed by atoms with E-state index in [1.165, 1.54) is 17.7 Å². The van der Waals surface area contributed by atoms with E-state index in [0.29, 0.717) is 11.2 Å². The van der Waals surface area contributed by atoms with Crippen LogP contribution in [0, 0.1) is 6.92 Å². The van der Waals surface area contributed by atoms with Gasteiger partial charge in [-0.2, -0.15) is 5.10 Å². The highest BCUT2D eigenvalue weighted by molar-refractivity contribution is 7.16. The first-order valence-corrected chi connectivity index (χ1v) is 12.4. The summed E-state index contributed by atoms with van der Waals surface area (Å²) in [5, 5.41) is 9.50. The number of nitrogens with one attached hydrogen (secondary N) is 1. The van der Waals surface area contributed by atoms with E-state index < -0.39 is 0 Å². The summed E-state index contributed by atoms with van der Waals surface area (Å²) in [5.41, 5.74) is 6.72. The number of hydrogen-bond acceptors (Lipinski definition) is 7. The first kappa shape index (κ1) is 22.1. The summed E-state index contributed by atoms with van der Waals surface area (Å²) in [5.74, 6) is 0.639. The van der Waals surface area contributed by atoms with Gasteiger partial charge in [0.2, 0.25) is 0 Å². The fourth-order valence-electron chi connectivity index (χ4n) is 4.71. The van der Waals surface area contributed by atoms with Gasteiger partial charge < -0.3 is 5.32 Å². The number of aromatic nitrogens is 6. The predicted molar refractivity (Wildman–Crippen MR) is 144 cm³/mol. The molecule has 6 rings (SSSR count). The molecule has 0 aliphatic carbocycles. The van der Waals surface area contributed by atoms with Gasteiger partial charge in [-0.1, -0.05) is 36.4 Å². The summed E-state index contributed by atoms with van der Waals surface area (Å²) < 4.78 is 3.56. The van der Waals surface area contributed by atoms with Crippen molar-refractivity contribution in [3.05, 3.63) is 94.4 Å². The lowest BCUT2D eigenvalue weighted by Crippen LogP contribution is -2.26. The van der Waals surface area contributed by atoms with Crippen LogP contribution in [0.4, 0.5) is 5.82 Å². The molecule has 4 heterocycles. The van der Waals surface area contributed by atoms with Gasteiger partial charge >= 0.3 is 0 Å². The summed E-state index contributed by atoms with van der Waals surface area (Å²) in [6.45, 7) is 3.99. The Morgan fingerprint density at radius 1 is 1.00 bits per heavy atom. The van der Waals surface area contributed by atoms with Crippen molar-refractivity contribution in [1.29, 1.82) is 0 Å². The van der Waals surface area contributed by atoms with Gasteiger partial charge in [-0.25, -0.2) is 15.0 Å². The molecule has 2 aromatic carbocycles. The van der Waals surface area contributed by atoms with Gasteiger partial charge in [-0.05, 0) is 43.0 Å². The average molecular weight is 494 g/mol. The Morgan fingerprint density at radius 3 is 2.61 bits per heavy atom. The molecule has 178 valence electrons. The maximum absolute atomic E-state index is 14.3. The zero-order chi connectivity index (χ0) is 24.8. The Morgan fingerprint density at radius 2 is 1.83 bits per heavy atom. The number of fused-ring (bicyclic) bond motifs is 2. The Balaban J connectivity index is 1.58. The van der Waals surface area contributed by atoms with Gasteiger partial charge in [0.15, 0.2) is 5.82 Å². The topological polar surface area (TPSA) is 90.5 Å². The number of para-hydroxylation sites is 1. The molecule has 8 nitrogen and oxygen atoms in total. The van der Waals surface area contributed by atoms with Crippen molar-refractivity contribution in [3.8, 4) is 16.8 Å². The number of aryl methyl sites for hydroxylation is 2. The number of rotatable bonds is 5. The second kappa shape index (κ2) is 8.69. The molecule has 0 unspecified atom stereocenters. The first-order valence-electron chi connectivity index (χ1n) is 11.6. The van der Waals surface area contributed by atoms with Gasteiger partial charge in [0.05, 0.1) is 22.6 Å². The highest BCUT2D eigenvalue weighted by atomic mass is 32.1. The lowest BCUT2D eigenvalue weighted by molar-refractivity contribution is 0.756. The fraction of sp³-hybridized carbons (Fsp3) is 0.148. The smallest absolute Gasteiger partial charge is 0.263 e. The van der Waals surface area contributed by atoms with Crippen molar-refractivity contribution in [2.24, 2.45) is 7.05 Å².